The topological polar surface area (TPSA) is 78.2 Å². The molecule has 0 bridgehead atoms. The normalized spacial score (nSPS) is 10.5. The second-order valence-electron chi connectivity index (χ2n) is 4.18. The molecule has 104 valence electrons. The zero-order chi connectivity index (χ0) is 14.8. The number of hydrogen-bond donors (Lipinski definition) is 0. The third kappa shape index (κ3) is 2.82. The Bertz CT molecular complexity index is 821. The van der Waals surface area contributed by atoms with Crippen molar-refractivity contribution >= 4 is 32.7 Å². The minimum absolute atomic E-state index is 0.0176. The van der Waals surface area contributed by atoms with Crippen LogP contribution in [0, 0.1) is 10.1 Å². The fourth-order valence-corrected chi connectivity index (χ4v) is 2.15. The monoisotopic (exact) mass is 345 g/mol. The van der Waals surface area contributed by atoms with Gasteiger partial charge < -0.3 is 4.74 Å². The molecule has 1 aromatic carbocycles. The third-order valence-electron chi connectivity index (χ3n) is 2.78. The Morgan fingerprint density at radius 1 is 1.14 bits per heavy atom. The van der Waals surface area contributed by atoms with Crippen molar-refractivity contribution in [3.05, 3.63) is 63.4 Å². The molecule has 0 atom stereocenters. The van der Waals surface area contributed by atoms with E-state index >= 15 is 0 Å². The highest BCUT2D eigenvalue weighted by molar-refractivity contribution is 9.10. The largest absolute Gasteiger partial charge is 0.455 e. The van der Waals surface area contributed by atoms with Crippen LogP contribution in [0.2, 0.25) is 0 Å². The predicted octanol–water partition coefficient (Wildman–Crippen LogP) is 4.09. The van der Waals surface area contributed by atoms with Crippen molar-refractivity contribution in [1.29, 1.82) is 0 Å². The average Bonchev–Trinajstić information content (AvgIpc) is 2.47. The third-order valence-corrected chi connectivity index (χ3v) is 3.22. The first-order valence-electron chi connectivity index (χ1n) is 5.96. The standard InChI is InChI=1S/C14H8BrN3O3/c15-9-7-12-14(17-8-9)13(5-6-16-12)21-11-3-1-10(2-4-11)18(19)20/h1-8H. The van der Waals surface area contributed by atoms with Crippen molar-refractivity contribution in [3.8, 4) is 11.5 Å². The van der Waals surface area contributed by atoms with E-state index in [4.69, 9.17) is 4.74 Å². The number of rotatable bonds is 3. The van der Waals surface area contributed by atoms with Crippen LogP contribution in [0.5, 0.6) is 11.5 Å². The van der Waals surface area contributed by atoms with Crippen LogP contribution in [0.3, 0.4) is 0 Å². The van der Waals surface area contributed by atoms with Crippen molar-refractivity contribution in [3.63, 3.8) is 0 Å². The maximum Gasteiger partial charge on any atom is 0.269 e. The van der Waals surface area contributed by atoms with Crippen molar-refractivity contribution in [2.75, 3.05) is 0 Å². The number of fused-ring (bicyclic) bond motifs is 1. The van der Waals surface area contributed by atoms with E-state index in [-0.39, 0.29) is 5.69 Å². The van der Waals surface area contributed by atoms with Gasteiger partial charge in [0, 0.05) is 35.1 Å². The van der Waals surface area contributed by atoms with Crippen LogP contribution in [-0.2, 0) is 0 Å². The number of nitro groups is 1. The SMILES string of the molecule is O=[N+]([O-])c1ccc(Oc2ccnc3cc(Br)cnc23)cc1. The number of aromatic nitrogens is 2. The Morgan fingerprint density at radius 3 is 2.62 bits per heavy atom. The summed E-state index contributed by atoms with van der Waals surface area (Å²) in [5.41, 5.74) is 1.34. The molecule has 7 heteroatoms. The Morgan fingerprint density at radius 2 is 1.90 bits per heavy atom. The van der Waals surface area contributed by atoms with Gasteiger partial charge in [-0.3, -0.25) is 15.1 Å². The number of non-ortho nitro benzene ring substituents is 1. The molecule has 0 aliphatic rings. The summed E-state index contributed by atoms with van der Waals surface area (Å²) in [5, 5.41) is 10.6. The smallest absolute Gasteiger partial charge is 0.269 e. The summed E-state index contributed by atoms with van der Waals surface area (Å²) in [5.74, 6) is 1.04. The van der Waals surface area contributed by atoms with Gasteiger partial charge in [0.25, 0.3) is 5.69 Å². The molecule has 6 nitrogen and oxygen atoms in total. The number of nitrogens with zero attached hydrogens (tertiary/aromatic N) is 3. The first kappa shape index (κ1) is 13.4. The molecule has 0 fully saturated rings. The van der Waals surface area contributed by atoms with Gasteiger partial charge in [-0.1, -0.05) is 0 Å². The maximum absolute atomic E-state index is 10.6. The Hall–Kier alpha value is -2.54. The van der Waals surface area contributed by atoms with Crippen molar-refractivity contribution in [2.45, 2.75) is 0 Å². The van der Waals surface area contributed by atoms with Gasteiger partial charge in [0.1, 0.15) is 11.3 Å². The highest BCUT2D eigenvalue weighted by Crippen LogP contribution is 2.29. The Balaban J connectivity index is 1.96. The highest BCUT2D eigenvalue weighted by Gasteiger charge is 2.08. The summed E-state index contributed by atoms with van der Waals surface area (Å²) in [6.45, 7) is 0. The van der Waals surface area contributed by atoms with Crippen LogP contribution in [0.15, 0.2) is 53.3 Å². The number of benzene rings is 1. The molecule has 0 saturated carbocycles. The van der Waals surface area contributed by atoms with Crippen LogP contribution in [0.4, 0.5) is 5.69 Å². The number of hydrogen-bond acceptors (Lipinski definition) is 5. The van der Waals surface area contributed by atoms with Crippen molar-refractivity contribution in [1.82, 2.24) is 9.97 Å². The first-order valence-corrected chi connectivity index (χ1v) is 6.75. The van der Waals surface area contributed by atoms with Gasteiger partial charge in [-0.25, -0.2) is 4.98 Å². The molecular formula is C14H8BrN3O3. The molecule has 0 N–H and O–H groups in total. The zero-order valence-corrected chi connectivity index (χ0v) is 12.1. The zero-order valence-electron chi connectivity index (χ0n) is 10.6. The fourth-order valence-electron chi connectivity index (χ4n) is 1.83. The van der Waals surface area contributed by atoms with Crippen LogP contribution in [-0.4, -0.2) is 14.9 Å². The second kappa shape index (κ2) is 5.45. The average molecular weight is 346 g/mol. The highest BCUT2D eigenvalue weighted by atomic mass is 79.9. The van der Waals surface area contributed by atoms with Gasteiger partial charge in [-0.05, 0) is 34.1 Å². The molecule has 0 aliphatic carbocycles. The van der Waals surface area contributed by atoms with E-state index in [1.165, 1.54) is 12.1 Å². The summed E-state index contributed by atoms with van der Waals surface area (Å²) in [4.78, 5) is 18.7. The molecular weight excluding hydrogens is 338 g/mol. The molecule has 0 radical (unpaired) electrons. The van der Waals surface area contributed by atoms with Gasteiger partial charge in [0.05, 0.1) is 10.4 Å². The lowest BCUT2D eigenvalue weighted by atomic mass is 10.3. The summed E-state index contributed by atoms with van der Waals surface area (Å²) >= 11 is 3.34. The molecule has 0 amide bonds. The number of ether oxygens (including phenoxy) is 1. The maximum atomic E-state index is 10.6. The minimum Gasteiger partial charge on any atom is -0.455 e. The van der Waals surface area contributed by atoms with Crippen LogP contribution in [0.1, 0.15) is 0 Å². The van der Waals surface area contributed by atoms with E-state index in [0.717, 1.165) is 4.47 Å². The van der Waals surface area contributed by atoms with E-state index in [1.807, 2.05) is 6.07 Å². The predicted molar refractivity (Wildman–Crippen MR) is 80.4 cm³/mol. The first-order chi connectivity index (χ1) is 10.1. The number of nitro benzene ring substituents is 1. The van der Waals surface area contributed by atoms with Crippen molar-refractivity contribution < 1.29 is 9.66 Å². The quantitative estimate of drug-likeness (QED) is 0.527. The summed E-state index contributed by atoms with van der Waals surface area (Å²) in [6, 6.07) is 9.41. The molecule has 2 aromatic heterocycles. The molecule has 3 aromatic rings. The van der Waals surface area contributed by atoms with Gasteiger partial charge in [-0.2, -0.15) is 0 Å². The molecule has 3 rings (SSSR count). The lowest BCUT2D eigenvalue weighted by molar-refractivity contribution is -0.384. The van der Waals surface area contributed by atoms with E-state index in [9.17, 15) is 10.1 Å². The Kier molecular flexibility index (Phi) is 3.49. The molecule has 0 saturated heterocycles. The number of halogens is 1. The van der Waals surface area contributed by atoms with Gasteiger partial charge in [-0.15, -0.1) is 0 Å². The molecule has 0 aliphatic heterocycles. The van der Waals surface area contributed by atoms with Gasteiger partial charge in [0.2, 0.25) is 0 Å². The van der Waals surface area contributed by atoms with Gasteiger partial charge in [0.15, 0.2) is 5.75 Å². The van der Waals surface area contributed by atoms with Crippen LogP contribution in [0.25, 0.3) is 11.0 Å². The molecule has 0 unspecified atom stereocenters. The van der Waals surface area contributed by atoms with E-state index < -0.39 is 4.92 Å². The van der Waals surface area contributed by atoms with Gasteiger partial charge >= 0.3 is 0 Å². The molecule has 2 heterocycles. The Labute approximate surface area is 127 Å². The van der Waals surface area contributed by atoms with E-state index in [1.54, 1.807) is 30.6 Å². The second-order valence-corrected chi connectivity index (χ2v) is 5.10. The molecule has 0 spiro atoms. The fraction of sp³-hybridized carbons (Fsp3) is 0. The summed E-state index contributed by atoms with van der Waals surface area (Å²) < 4.78 is 6.55. The lowest BCUT2D eigenvalue weighted by Crippen LogP contribution is -1.91. The minimum atomic E-state index is -0.454. The number of pyridine rings is 2. The van der Waals surface area contributed by atoms with Crippen LogP contribution >= 0.6 is 15.9 Å². The summed E-state index contributed by atoms with van der Waals surface area (Å²) in [7, 11) is 0. The molecule has 21 heavy (non-hydrogen) atoms. The van der Waals surface area contributed by atoms with E-state index in [0.29, 0.717) is 22.5 Å². The summed E-state index contributed by atoms with van der Waals surface area (Å²) in [6.07, 6.45) is 3.28. The van der Waals surface area contributed by atoms with Crippen LogP contribution < -0.4 is 4.74 Å². The van der Waals surface area contributed by atoms with E-state index in [2.05, 4.69) is 25.9 Å². The van der Waals surface area contributed by atoms with Crippen molar-refractivity contribution in [2.24, 2.45) is 0 Å². The lowest BCUT2D eigenvalue weighted by Gasteiger charge is -2.07.